The summed E-state index contributed by atoms with van der Waals surface area (Å²) in [6.45, 7) is 3.53. The topological polar surface area (TPSA) is 54.3 Å². The Kier molecular flexibility index (Phi) is 7.50. The molecule has 0 aliphatic carbocycles. The van der Waals surface area contributed by atoms with Crippen molar-refractivity contribution in [1.82, 2.24) is 5.01 Å². The molecular formula is C21H25F3N2O3. The predicted molar refractivity (Wildman–Crippen MR) is 105 cm³/mol. The van der Waals surface area contributed by atoms with Gasteiger partial charge in [0.05, 0.1) is 17.4 Å². The van der Waals surface area contributed by atoms with Gasteiger partial charge in [-0.2, -0.15) is 18.3 Å². The number of benzene rings is 2. The number of ether oxygens (including phenoxy) is 2. The quantitative estimate of drug-likeness (QED) is 0.494. The van der Waals surface area contributed by atoms with E-state index in [-0.39, 0.29) is 6.10 Å². The van der Waals surface area contributed by atoms with Crippen LogP contribution in [0.5, 0.6) is 17.2 Å². The smallest absolute Gasteiger partial charge is 0.416 e. The second-order valence-electron chi connectivity index (χ2n) is 6.85. The molecule has 0 aromatic heterocycles. The lowest BCUT2D eigenvalue weighted by Crippen LogP contribution is -2.29. The standard InChI is InChI=1S/C21H25F3N2O3/c1-14(27)13-20(25-26(3)4)15(2)28-17-9-11-19(12-10-17)29-18-7-5-16(6-8-18)21(22,23)24/h5-12,14-15,27H,13H2,1-4H3/b25-20+. The minimum atomic E-state index is -4.38. The Morgan fingerprint density at radius 2 is 1.45 bits per heavy atom. The molecule has 5 nitrogen and oxygen atoms in total. The number of hydrogen-bond donors (Lipinski definition) is 1. The van der Waals surface area contributed by atoms with Gasteiger partial charge in [0.25, 0.3) is 0 Å². The molecule has 0 spiro atoms. The molecule has 8 heteroatoms. The van der Waals surface area contributed by atoms with Gasteiger partial charge in [-0.05, 0) is 62.4 Å². The summed E-state index contributed by atoms with van der Waals surface area (Å²) in [5, 5.41) is 15.7. The normalized spacial score (nSPS) is 14.3. The van der Waals surface area contributed by atoms with E-state index >= 15 is 0 Å². The van der Waals surface area contributed by atoms with E-state index in [0.717, 1.165) is 12.1 Å². The maximum Gasteiger partial charge on any atom is 0.416 e. The molecule has 0 heterocycles. The van der Waals surface area contributed by atoms with Gasteiger partial charge in [0.2, 0.25) is 0 Å². The molecule has 2 rings (SSSR count). The number of aliphatic hydroxyl groups excluding tert-OH is 1. The maximum atomic E-state index is 12.6. The number of rotatable bonds is 8. The number of alkyl halides is 3. The van der Waals surface area contributed by atoms with E-state index in [0.29, 0.717) is 29.4 Å². The molecule has 0 saturated heterocycles. The van der Waals surface area contributed by atoms with E-state index in [9.17, 15) is 18.3 Å². The summed E-state index contributed by atoms with van der Waals surface area (Å²) in [6.07, 6.45) is -4.89. The molecule has 0 amide bonds. The van der Waals surface area contributed by atoms with Gasteiger partial charge in [-0.25, -0.2) is 0 Å². The molecule has 29 heavy (non-hydrogen) atoms. The van der Waals surface area contributed by atoms with Gasteiger partial charge in [0, 0.05) is 20.5 Å². The highest BCUT2D eigenvalue weighted by Crippen LogP contribution is 2.31. The second kappa shape index (κ2) is 9.65. The summed E-state index contributed by atoms with van der Waals surface area (Å²) in [5.74, 6) is 1.35. The Hall–Kier alpha value is -2.74. The molecule has 0 fully saturated rings. The first-order valence-electron chi connectivity index (χ1n) is 9.09. The van der Waals surface area contributed by atoms with Crippen LogP contribution in [0.3, 0.4) is 0 Å². The molecule has 158 valence electrons. The van der Waals surface area contributed by atoms with Crippen molar-refractivity contribution in [2.45, 2.75) is 38.7 Å². The summed E-state index contributed by atoms with van der Waals surface area (Å²) < 4.78 is 49.3. The van der Waals surface area contributed by atoms with Gasteiger partial charge < -0.3 is 19.6 Å². The van der Waals surface area contributed by atoms with Gasteiger partial charge in [-0.15, -0.1) is 0 Å². The first kappa shape index (κ1) is 22.5. The van der Waals surface area contributed by atoms with E-state index in [2.05, 4.69) is 5.10 Å². The van der Waals surface area contributed by atoms with Crippen molar-refractivity contribution >= 4 is 5.71 Å². The first-order valence-corrected chi connectivity index (χ1v) is 9.09. The van der Waals surface area contributed by atoms with E-state index in [1.165, 1.54) is 12.1 Å². The van der Waals surface area contributed by atoms with Crippen LogP contribution in [0, 0.1) is 0 Å². The molecule has 1 N–H and O–H groups in total. The SMILES string of the molecule is CC(O)C/C(=N\N(C)C)C(C)Oc1ccc(Oc2ccc(C(F)(F)F)cc2)cc1. The fourth-order valence-electron chi connectivity index (χ4n) is 2.55. The van der Waals surface area contributed by atoms with Crippen molar-refractivity contribution < 1.29 is 27.8 Å². The zero-order valence-electron chi connectivity index (χ0n) is 16.8. The lowest BCUT2D eigenvalue weighted by atomic mass is 10.1. The number of halogens is 3. The van der Waals surface area contributed by atoms with Crippen LogP contribution < -0.4 is 9.47 Å². The van der Waals surface area contributed by atoms with Crippen molar-refractivity contribution in [3.63, 3.8) is 0 Å². The molecular weight excluding hydrogens is 385 g/mol. The first-order chi connectivity index (χ1) is 13.5. The Labute approximate surface area is 168 Å². The van der Waals surface area contributed by atoms with Crippen molar-refractivity contribution in [2.24, 2.45) is 5.10 Å². The van der Waals surface area contributed by atoms with Crippen LogP contribution >= 0.6 is 0 Å². The molecule has 2 aromatic carbocycles. The van der Waals surface area contributed by atoms with E-state index in [4.69, 9.17) is 9.47 Å². The predicted octanol–water partition coefficient (Wildman–Crippen LogP) is 4.95. The van der Waals surface area contributed by atoms with E-state index < -0.39 is 17.8 Å². The zero-order valence-corrected chi connectivity index (χ0v) is 16.8. The van der Waals surface area contributed by atoms with Gasteiger partial charge in [0.1, 0.15) is 23.4 Å². The van der Waals surface area contributed by atoms with Crippen LogP contribution in [0.15, 0.2) is 53.6 Å². The zero-order chi connectivity index (χ0) is 21.6. The highest BCUT2D eigenvalue weighted by Gasteiger charge is 2.30. The molecule has 2 aromatic rings. The molecule has 2 atom stereocenters. The van der Waals surface area contributed by atoms with Crippen LogP contribution in [0.4, 0.5) is 13.2 Å². The Morgan fingerprint density at radius 3 is 1.90 bits per heavy atom. The molecule has 0 aliphatic heterocycles. The second-order valence-corrected chi connectivity index (χ2v) is 6.85. The molecule has 0 aliphatic rings. The Morgan fingerprint density at radius 1 is 0.966 bits per heavy atom. The summed E-state index contributed by atoms with van der Waals surface area (Å²) in [5.41, 5.74) is -0.0231. The van der Waals surface area contributed by atoms with Crippen molar-refractivity contribution in [3.05, 3.63) is 54.1 Å². The third-order valence-corrected chi connectivity index (χ3v) is 3.86. The third kappa shape index (κ3) is 7.30. The van der Waals surface area contributed by atoms with Crippen LogP contribution in [0.25, 0.3) is 0 Å². The third-order valence-electron chi connectivity index (χ3n) is 3.86. The van der Waals surface area contributed by atoms with Gasteiger partial charge >= 0.3 is 6.18 Å². The maximum absolute atomic E-state index is 12.6. The fraction of sp³-hybridized carbons (Fsp3) is 0.381. The van der Waals surface area contributed by atoms with Gasteiger partial charge in [-0.3, -0.25) is 0 Å². The number of nitrogens with zero attached hydrogens (tertiary/aromatic N) is 2. The lowest BCUT2D eigenvalue weighted by molar-refractivity contribution is -0.137. The Bertz CT molecular complexity index is 801. The van der Waals surface area contributed by atoms with Gasteiger partial charge in [0.15, 0.2) is 0 Å². The number of aliphatic hydroxyl groups is 1. The molecule has 0 radical (unpaired) electrons. The highest BCUT2D eigenvalue weighted by atomic mass is 19.4. The highest BCUT2D eigenvalue weighted by molar-refractivity contribution is 5.88. The van der Waals surface area contributed by atoms with Crippen LogP contribution in [0.2, 0.25) is 0 Å². The largest absolute Gasteiger partial charge is 0.485 e. The summed E-state index contributed by atoms with van der Waals surface area (Å²) in [6, 6.07) is 11.2. The average molecular weight is 410 g/mol. The monoisotopic (exact) mass is 410 g/mol. The van der Waals surface area contributed by atoms with Crippen molar-refractivity contribution in [1.29, 1.82) is 0 Å². The Balaban J connectivity index is 2.02. The minimum absolute atomic E-state index is 0.303. The van der Waals surface area contributed by atoms with Crippen LogP contribution in [-0.4, -0.2) is 42.1 Å². The summed E-state index contributed by atoms with van der Waals surface area (Å²) in [7, 11) is 3.59. The molecule has 0 saturated carbocycles. The molecule has 0 bridgehead atoms. The van der Waals surface area contributed by atoms with Gasteiger partial charge in [-0.1, -0.05) is 0 Å². The number of hydrogen-bond acceptors (Lipinski definition) is 5. The van der Waals surface area contributed by atoms with Crippen LogP contribution in [0.1, 0.15) is 25.8 Å². The van der Waals surface area contributed by atoms with E-state index in [1.54, 1.807) is 50.3 Å². The summed E-state index contributed by atoms with van der Waals surface area (Å²) >= 11 is 0. The van der Waals surface area contributed by atoms with Crippen molar-refractivity contribution in [3.8, 4) is 17.2 Å². The van der Waals surface area contributed by atoms with Crippen molar-refractivity contribution in [2.75, 3.05) is 14.1 Å². The van der Waals surface area contributed by atoms with E-state index in [1.807, 2.05) is 6.92 Å². The molecule has 2 unspecified atom stereocenters. The summed E-state index contributed by atoms with van der Waals surface area (Å²) in [4.78, 5) is 0. The number of hydrazone groups is 1. The minimum Gasteiger partial charge on any atom is -0.485 e. The fourth-order valence-corrected chi connectivity index (χ4v) is 2.55. The van der Waals surface area contributed by atoms with Crippen LogP contribution in [-0.2, 0) is 6.18 Å². The lowest BCUT2D eigenvalue weighted by Gasteiger charge is -2.20. The average Bonchev–Trinajstić information content (AvgIpc) is 2.61.